The summed E-state index contributed by atoms with van der Waals surface area (Å²) in [4.78, 5) is 10.7. The van der Waals surface area contributed by atoms with Crippen LogP contribution in [-0.2, 0) is 9.53 Å². The Morgan fingerprint density at radius 2 is 2.23 bits per heavy atom. The zero-order chi connectivity index (χ0) is 10.1. The fourth-order valence-electron chi connectivity index (χ4n) is 0.693. The maximum atomic E-state index is 10.7. The second-order valence-corrected chi connectivity index (χ2v) is 2.72. The van der Waals surface area contributed by atoms with Crippen LogP contribution in [-0.4, -0.2) is 12.6 Å². The van der Waals surface area contributed by atoms with Gasteiger partial charge in [-0.15, -0.1) is 0 Å². The number of hydrogen-bond donors (Lipinski definition) is 0. The summed E-state index contributed by atoms with van der Waals surface area (Å²) < 4.78 is 4.85. The Morgan fingerprint density at radius 3 is 2.77 bits per heavy atom. The van der Waals surface area contributed by atoms with Gasteiger partial charge in [-0.1, -0.05) is 37.8 Å². The maximum absolute atomic E-state index is 10.7. The molecule has 0 fully saturated rings. The van der Waals surface area contributed by atoms with Crippen molar-refractivity contribution in [3.63, 3.8) is 0 Å². The second-order valence-electron chi connectivity index (χ2n) is 2.72. The van der Waals surface area contributed by atoms with Gasteiger partial charge in [0, 0.05) is 12.0 Å². The summed E-state index contributed by atoms with van der Waals surface area (Å²) in [6.07, 6.45) is 8.97. The fourth-order valence-corrected chi connectivity index (χ4v) is 0.693. The second kappa shape index (κ2) is 7.35. The molecule has 0 aromatic rings. The third-order valence-corrected chi connectivity index (χ3v) is 1.40. The van der Waals surface area contributed by atoms with Crippen LogP contribution in [0.15, 0.2) is 37.0 Å². The summed E-state index contributed by atoms with van der Waals surface area (Å²) >= 11 is 0. The van der Waals surface area contributed by atoms with Crippen molar-refractivity contribution in [2.45, 2.75) is 13.8 Å². The van der Waals surface area contributed by atoms with Gasteiger partial charge in [0.25, 0.3) is 0 Å². The van der Waals surface area contributed by atoms with Crippen molar-refractivity contribution in [2.75, 3.05) is 6.61 Å². The predicted molar refractivity (Wildman–Crippen MR) is 54.3 cm³/mol. The molecule has 0 N–H and O–H groups in total. The van der Waals surface area contributed by atoms with Crippen LogP contribution in [0.5, 0.6) is 0 Å². The molecule has 0 aromatic carbocycles. The van der Waals surface area contributed by atoms with E-state index in [0.29, 0.717) is 6.61 Å². The number of rotatable bonds is 5. The van der Waals surface area contributed by atoms with E-state index in [0.717, 1.165) is 0 Å². The number of allylic oxidation sites excluding steroid dienone is 3. The van der Waals surface area contributed by atoms with Gasteiger partial charge in [-0.3, -0.25) is 0 Å². The average Bonchev–Trinajstić information content (AvgIpc) is 2.14. The van der Waals surface area contributed by atoms with Crippen molar-refractivity contribution < 1.29 is 9.53 Å². The van der Waals surface area contributed by atoms with Gasteiger partial charge in [0.05, 0.1) is 6.61 Å². The minimum atomic E-state index is -0.369. The van der Waals surface area contributed by atoms with Crippen LogP contribution in [0.2, 0.25) is 0 Å². The largest absolute Gasteiger partial charge is 0.462 e. The first-order valence-electron chi connectivity index (χ1n) is 4.29. The van der Waals surface area contributed by atoms with Crippen LogP contribution >= 0.6 is 0 Å². The molecule has 0 heterocycles. The number of carbonyl (C=O) groups is 1. The molecule has 0 saturated heterocycles. The summed E-state index contributed by atoms with van der Waals surface area (Å²) in [7, 11) is 0. The minimum absolute atomic E-state index is 0.236. The van der Waals surface area contributed by atoms with Crippen molar-refractivity contribution in [1.29, 1.82) is 0 Å². The third kappa shape index (κ3) is 7.06. The molecule has 1 atom stereocenters. The van der Waals surface area contributed by atoms with Crippen LogP contribution in [0, 0.1) is 5.92 Å². The van der Waals surface area contributed by atoms with Gasteiger partial charge in [-0.25, -0.2) is 4.79 Å². The molecule has 2 heteroatoms. The van der Waals surface area contributed by atoms with E-state index in [9.17, 15) is 4.79 Å². The van der Waals surface area contributed by atoms with Crippen molar-refractivity contribution in [2.24, 2.45) is 5.92 Å². The number of esters is 1. The quantitative estimate of drug-likeness (QED) is 0.369. The van der Waals surface area contributed by atoms with Gasteiger partial charge in [0.2, 0.25) is 0 Å². The first kappa shape index (κ1) is 11.7. The zero-order valence-electron chi connectivity index (χ0n) is 8.19. The van der Waals surface area contributed by atoms with E-state index in [1.165, 1.54) is 6.08 Å². The molecule has 0 aliphatic heterocycles. The molecule has 0 rings (SSSR count). The van der Waals surface area contributed by atoms with E-state index in [1.807, 2.05) is 38.2 Å². The number of hydrogen-bond acceptors (Lipinski definition) is 2. The van der Waals surface area contributed by atoms with Gasteiger partial charge < -0.3 is 4.74 Å². The normalized spacial score (nSPS) is 13.4. The van der Waals surface area contributed by atoms with E-state index in [4.69, 9.17) is 4.74 Å². The summed E-state index contributed by atoms with van der Waals surface area (Å²) in [5, 5.41) is 0. The summed E-state index contributed by atoms with van der Waals surface area (Å²) in [6.45, 7) is 7.65. The van der Waals surface area contributed by atoms with Gasteiger partial charge in [-0.05, 0) is 6.92 Å². The zero-order valence-corrected chi connectivity index (χ0v) is 8.19. The van der Waals surface area contributed by atoms with Gasteiger partial charge in [0.15, 0.2) is 0 Å². The van der Waals surface area contributed by atoms with Crippen LogP contribution in [0.4, 0.5) is 0 Å². The molecular weight excluding hydrogens is 164 g/mol. The van der Waals surface area contributed by atoms with Crippen LogP contribution in [0.25, 0.3) is 0 Å². The van der Waals surface area contributed by atoms with E-state index in [2.05, 4.69) is 6.58 Å². The van der Waals surface area contributed by atoms with Crippen molar-refractivity contribution in [3.8, 4) is 0 Å². The lowest BCUT2D eigenvalue weighted by atomic mass is 10.2. The molecule has 0 saturated carbocycles. The molecule has 0 aromatic heterocycles. The van der Waals surface area contributed by atoms with Gasteiger partial charge in [-0.2, -0.15) is 0 Å². The smallest absolute Gasteiger partial charge is 0.330 e. The molecule has 2 nitrogen and oxygen atoms in total. The Balaban J connectivity index is 3.68. The summed E-state index contributed by atoms with van der Waals surface area (Å²) in [6, 6.07) is 0. The van der Waals surface area contributed by atoms with E-state index in [-0.39, 0.29) is 11.9 Å². The van der Waals surface area contributed by atoms with E-state index >= 15 is 0 Å². The highest BCUT2D eigenvalue weighted by Gasteiger charge is 1.99. The maximum Gasteiger partial charge on any atom is 0.330 e. The van der Waals surface area contributed by atoms with Crippen molar-refractivity contribution >= 4 is 5.97 Å². The average molecular weight is 180 g/mol. The first-order valence-corrected chi connectivity index (χ1v) is 4.29. The molecule has 13 heavy (non-hydrogen) atoms. The molecule has 0 aliphatic carbocycles. The number of carbonyl (C=O) groups excluding carboxylic acids is 1. The van der Waals surface area contributed by atoms with Crippen LogP contribution < -0.4 is 0 Å². The molecule has 0 amide bonds. The molecule has 72 valence electrons. The molecule has 0 radical (unpaired) electrons. The SMILES string of the molecule is C=CC(=O)OC[C@H](C)C=CC=CC. The Labute approximate surface area is 79.6 Å². The first-order chi connectivity index (χ1) is 6.20. The molecule has 0 spiro atoms. The lowest BCUT2D eigenvalue weighted by Gasteiger charge is -2.05. The van der Waals surface area contributed by atoms with E-state index in [1.54, 1.807) is 0 Å². The number of ether oxygens (including phenoxy) is 1. The third-order valence-electron chi connectivity index (χ3n) is 1.40. The van der Waals surface area contributed by atoms with Crippen molar-refractivity contribution in [3.05, 3.63) is 37.0 Å². The fraction of sp³-hybridized carbons (Fsp3) is 0.364. The van der Waals surface area contributed by atoms with Crippen LogP contribution in [0.3, 0.4) is 0 Å². The van der Waals surface area contributed by atoms with Crippen molar-refractivity contribution in [1.82, 2.24) is 0 Å². The highest BCUT2D eigenvalue weighted by Crippen LogP contribution is 1.98. The Kier molecular flexibility index (Phi) is 6.60. The molecule has 0 unspecified atom stereocenters. The highest BCUT2D eigenvalue weighted by atomic mass is 16.5. The monoisotopic (exact) mass is 180 g/mol. The summed E-state index contributed by atoms with van der Waals surface area (Å²) in [5.74, 6) is -0.133. The van der Waals surface area contributed by atoms with Gasteiger partial charge >= 0.3 is 5.97 Å². The molecule has 0 aliphatic rings. The molecular formula is C11H16O2. The Bertz CT molecular complexity index is 214. The highest BCUT2D eigenvalue weighted by molar-refractivity contribution is 5.81. The topological polar surface area (TPSA) is 26.3 Å². The Hall–Kier alpha value is -1.31. The van der Waals surface area contributed by atoms with Crippen LogP contribution in [0.1, 0.15) is 13.8 Å². The lowest BCUT2D eigenvalue weighted by Crippen LogP contribution is -2.07. The van der Waals surface area contributed by atoms with Gasteiger partial charge in [0.1, 0.15) is 0 Å². The Morgan fingerprint density at radius 1 is 1.54 bits per heavy atom. The molecule has 0 bridgehead atoms. The summed E-state index contributed by atoms with van der Waals surface area (Å²) in [5.41, 5.74) is 0. The van der Waals surface area contributed by atoms with E-state index < -0.39 is 0 Å². The standard InChI is InChI=1S/C11H16O2/c1-4-6-7-8-10(3)9-13-11(12)5-2/h4-8,10H,2,9H2,1,3H3/t10-/m1/s1. The minimum Gasteiger partial charge on any atom is -0.462 e. The predicted octanol–water partition coefficient (Wildman–Crippen LogP) is 2.48. The lowest BCUT2D eigenvalue weighted by molar-refractivity contribution is -0.138.